The summed E-state index contributed by atoms with van der Waals surface area (Å²) in [5, 5.41) is 0. The molecule has 1 spiro atoms. The van der Waals surface area contributed by atoms with E-state index in [1.54, 1.807) is 0 Å². The zero-order chi connectivity index (χ0) is 11.5. The molecule has 1 heterocycles. The molecular weight excluding hydrogens is 182 g/mol. The number of likely N-dealkylation sites (tertiary alicyclic amines) is 1. The fourth-order valence-corrected chi connectivity index (χ4v) is 3.19. The molecule has 0 radical (unpaired) electrons. The van der Waals surface area contributed by atoms with Gasteiger partial charge in [-0.1, -0.05) is 27.4 Å². The van der Waals surface area contributed by atoms with Gasteiger partial charge < -0.3 is 4.90 Å². The van der Waals surface area contributed by atoms with E-state index >= 15 is 0 Å². The number of rotatable bonds is 1. The lowest BCUT2D eigenvalue weighted by molar-refractivity contribution is 0.00311. The number of allylic oxidation sites excluding steroid dienone is 1. The highest BCUT2D eigenvalue weighted by Crippen LogP contribution is 2.52. The first-order valence-electron chi connectivity index (χ1n) is 6.52. The Bertz CT molecular complexity index is 203. The molecule has 2 rings (SSSR count). The molecule has 0 atom stereocenters. The minimum Gasteiger partial charge on any atom is -0.375 e. The van der Waals surface area contributed by atoms with Gasteiger partial charge in [-0.3, -0.25) is 0 Å². The minimum absolute atomic E-state index is 0.755. The lowest BCUT2D eigenvalue weighted by atomic mass is 9.58. The topological polar surface area (TPSA) is 3.24 Å². The van der Waals surface area contributed by atoms with Gasteiger partial charge in [-0.25, -0.2) is 0 Å². The summed E-state index contributed by atoms with van der Waals surface area (Å²) in [5.41, 5.74) is 2.01. The van der Waals surface area contributed by atoms with Gasteiger partial charge in [0.15, 0.2) is 0 Å². The summed E-state index contributed by atoms with van der Waals surface area (Å²) in [7, 11) is 0. The molecule has 1 aliphatic carbocycles. The van der Waals surface area contributed by atoms with E-state index in [-0.39, 0.29) is 0 Å². The van der Waals surface area contributed by atoms with E-state index in [2.05, 4.69) is 25.3 Å². The first-order valence-corrected chi connectivity index (χ1v) is 6.52. The average Bonchev–Trinajstić information content (AvgIpc) is 2.19. The van der Waals surface area contributed by atoms with Crippen LogP contribution in [0.5, 0.6) is 0 Å². The summed E-state index contributed by atoms with van der Waals surface area (Å²) in [6.45, 7) is 15.0. The minimum atomic E-state index is 0.755. The zero-order valence-electron chi connectivity index (χ0n) is 11.0. The average molecular weight is 209 g/mol. The van der Waals surface area contributed by atoms with Gasteiger partial charge in [-0.05, 0) is 43.9 Å². The van der Waals surface area contributed by atoms with E-state index in [4.69, 9.17) is 0 Å². The summed E-state index contributed by atoms with van der Waals surface area (Å²) >= 11 is 0. The first-order chi connectivity index (χ1) is 7.11. The maximum Gasteiger partial charge on any atom is 0.0180 e. The van der Waals surface area contributed by atoms with E-state index in [9.17, 15) is 0 Å². The van der Waals surface area contributed by atoms with Crippen LogP contribution in [0.25, 0.3) is 0 Å². The van der Waals surface area contributed by atoms with Crippen molar-refractivity contribution in [2.24, 2.45) is 11.3 Å². The lowest BCUT2D eigenvalue weighted by Crippen LogP contribution is -2.45. The van der Waals surface area contributed by atoms with Gasteiger partial charge in [0.1, 0.15) is 0 Å². The second kappa shape index (κ2) is 5.05. The number of piperidine rings is 1. The maximum absolute atomic E-state index is 4.01. The van der Waals surface area contributed by atoms with Crippen LogP contribution in [-0.4, -0.2) is 18.0 Å². The van der Waals surface area contributed by atoms with Crippen molar-refractivity contribution in [1.29, 1.82) is 0 Å². The van der Waals surface area contributed by atoms with Crippen LogP contribution in [0, 0.1) is 11.3 Å². The number of nitrogens with zero attached hydrogens (tertiary/aromatic N) is 1. The predicted molar refractivity (Wildman–Crippen MR) is 67.8 cm³/mol. The summed E-state index contributed by atoms with van der Waals surface area (Å²) in [6.07, 6.45) is 5.78. The zero-order valence-corrected chi connectivity index (χ0v) is 11.0. The van der Waals surface area contributed by atoms with Crippen LogP contribution in [0.3, 0.4) is 0 Å². The third kappa shape index (κ3) is 2.76. The van der Waals surface area contributed by atoms with Gasteiger partial charge >= 0.3 is 0 Å². The SMILES string of the molecule is C=C(C)N1CCC2(CC1)CC(C)C2.CC. The Morgan fingerprint density at radius 2 is 1.67 bits per heavy atom. The van der Waals surface area contributed by atoms with E-state index in [0.29, 0.717) is 0 Å². The third-order valence-corrected chi connectivity index (χ3v) is 3.93. The van der Waals surface area contributed by atoms with Gasteiger partial charge in [-0.2, -0.15) is 0 Å². The Morgan fingerprint density at radius 3 is 2.00 bits per heavy atom. The van der Waals surface area contributed by atoms with Crippen LogP contribution in [0.4, 0.5) is 0 Å². The van der Waals surface area contributed by atoms with Gasteiger partial charge in [-0.15, -0.1) is 0 Å². The van der Waals surface area contributed by atoms with E-state index < -0.39 is 0 Å². The van der Waals surface area contributed by atoms with E-state index in [1.807, 2.05) is 13.8 Å². The van der Waals surface area contributed by atoms with Gasteiger partial charge in [0.05, 0.1) is 0 Å². The molecule has 0 aromatic rings. The van der Waals surface area contributed by atoms with Crippen LogP contribution in [-0.2, 0) is 0 Å². The Kier molecular flexibility index (Phi) is 4.24. The molecule has 0 N–H and O–H groups in total. The molecule has 2 fully saturated rings. The van der Waals surface area contributed by atoms with Gasteiger partial charge in [0.2, 0.25) is 0 Å². The quantitative estimate of drug-likeness (QED) is 0.629. The highest BCUT2D eigenvalue weighted by Gasteiger charge is 2.43. The fourth-order valence-electron chi connectivity index (χ4n) is 3.19. The van der Waals surface area contributed by atoms with Crippen molar-refractivity contribution in [3.8, 4) is 0 Å². The standard InChI is InChI=1S/C12H21N.C2H6/c1-10(2)13-6-4-12(5-7-13)8-11(3)9-12;1-2/h11H,1,4-9H2,2-3H3;1-2H3. The van der Waals surface area contributed by atoms with Crippen LogP contribution >= 0.6 is 0 Å². The van der Waals surface area contributed by atoms with Crippen molar-refractivity contribution in [3.05, 3.63) is 12.3 Å². The van der Waals surface area contributed by atoms with Crippen molar-refractivity contribution < 1.29 is 0 Å². The largest absolute Gasteiger partial charge is 0.375 e. The Hall–Kier alpha value is -0.460. The fraction of sp³-hybridized carbons (Fsp3) is 0.857. The molecule has 0 aromatic heterocycles. The van der Waals surface area contributed by atoms with Crippen molar-refractivity contribution in [3.63, 3.8) is 0 Å². The van der Waals surface area contributed by atoms with E-state index in [1.165, 1.54) is 44.5 Å². The molecule has 88 valence electrons. The normalized spacial score (nSPS) is 24.1. The molecule has 1 saturated heterocycles. The predicted octanol–water partition coefficient (Wildman–Crippen LogP) is 4.06. The summed E-state index contributed by atoms with van der Waals surface area (Å²) < 4.78 is 0. The molecular formula is C14H27N. The van der Waals surface area contributed by atoms with Crippen LogP contribution < -0.4 is 0 Å². The van der Waals surface area contributed by atoms with Crippen LogP contribution in [0.2, 0.25) is 0 Å². The highest BCUT2D eigenvalue weighted by atomic mass is 15.1. The van der Waals surface area contributed by atoms with Gasteiger partial charge in [0.25, 0.3) is 0 Å². The summed E-state index contributed by atoms with van der Waals surface area (Å²) in [4.78, 5) is 2.44. The Labute approximate surface area is 95.5 Å². The first kappa shape index (κ1) is 12.6. The lowest BCUT2D eigenvalue weighted by Gasteiger charge is -2.52. The Balaban J connectivity index is 0.000000531. The van der Waals surface area contributed by atoms with Crippen molar-refractivity contribution >= 4 is 0 Å². The molecule has 0 unspecified atom stereocenters. The monoisotopic (exact) mass is 209 g/mol. The second-order valence-electron chi connectivity index (χ2n) is 5.24. The van der Waals surface area contributed by atoms with Crippen molar-refractivity contribution in [1.82, 2.24) is 4.90 Å². The van der Waals surface area contributed by atoms with Crippen molar-refractivity contribution in [2.75, 3.05) is 13.1 Å². The van der Waals surface area contributed by atoms with Crippen molar-refractivity contribution in [2.45, 2.75) is 53.4 Å². The maximum atomic E-state index is 4.01. The van der Waals surface area contributed by atoms with Gasteiger partial charge in [0, 0.05) is 18.8 Å². The van der Waals surface area contributed by atoms with Crippen LogP contribution in [0.1, 0.15) is 53.4 Å². The molecule has 15 heavy (non-hydrogen) atoms. The molecule has 1 nitrogen and oxygen atoms in total. The molecule has 2 aliphatic rings. The second-order valence-corrected chi connectivity index (χ2v) is 5.24. The van der Waals surface area contributed by atoms with E-state index in [0.717, 1.165) is 11.3 Å². The van der Waals surface area contributed by atoms with Crippen LogP contribution in [0.15, 0.2) is 12.3 Å². The molecule has 1 aliphatic heterocycles. The Morgan fingerprint density at radius 1 is 1.20 bits per heavy atom. The molecule has 0 bridgehead atoms. The molecule has 0 aromatic carbocycles. The summed E-state index contributed by atoms with van der Waals surface area (Å²) in [5.74, 6) is 0.997. The summed E-state index contributed by atoms with van der Waals surface area (Å²) in [6, 6.07) is 0. The number of hydrogen-bond acceptors (Lipinski definition) is 1. The highest BCUT2D eigenvalue weighted by molar-refractivity contribution is 4.99. The smallest absolute Gasteiger partial charge is 0.0180 e. The molecule has 1 saturated carbocycles. The number of hydrogen-bond donors (Lipinski definition) is 0. The molecule has 1 heteroatoms. The molecule has 0 amide bonds. The third-order valence-electron chi connectivity index (χ3n) is 3.93.